The molecule has 2 rings (SSSR count). The fraction of sp³-hybridized carbons (Fsp3) is 0.750. The van der Waals surface area contributed by atoms with E-state index in [-0.39, 0.29) is 6.54 Å². The number of hydrogen-bond acceptors (Lipinski definition) is 5. The lowest BCUT2D eigenvalue weighted by atomic mass is 9.90. The molecule has 0 unspecified atom stereocenters. The number of carboxylic acid groups (broad SMARTS) is 1. The third-order valence-corrected chi connectivity index (χ3v) is 3.68. The molecule has 3 N–H and O–H groups in total. The number of nitrogens with zero attached hydrogens (tertiary/aromatic N) is 4. The smallest absolute Gasteiger partial charge is 0.329 e. The number of amides is 2. The van der Waals surface area contributed by atoms with Gasteiger partial charge in [-0.1, -0.05) is 25.7 Å². The van der Waals surface area contributed by atoms with Gasteiger partial charge in [-0.25, -0.2) is 9.59 Å². The number of aromatic nitrogens is 4. The molecule has 0 atom stereocenters. The van der Waals surface area contributed by atoms with Crippen LogP contribution >= 0.6 is 0 Å². The van der Waals surface area contributed by atoms with Crippen molar-refractivity contribution >= 4 is 12.0 Å². The van der Waals surface area contributed by atoms with Gasteiger partial charge in [0.15, 0.2) is 5.82 Å². The van der Waals surface area contributed by atoms with Crippen LogP contribution in [-0.2, 0) is 18.4 Å². The number of carbonyl (C=O) groups excluding carboxylic acids is 1. The van der Waals surface area contributed by atoms with E-state index in [1.807, 2.05) is 0 Å². The van der Waals surface area contributed by atoms with Gasteiger partial charge in [0.2, 0.25) is 0 Å². The molecule has 0 radical (unpaired) electrons. The highest BCUT2D eigenvalue weighted by Gasteiger charge is 2.40. The number of hydrogen-bond donors (Lipinski definition) is 3. The summed E-state index contributed by atoms with van der Waals surface area (Å²) in [5.74, 6) is -0.602. The van der Waals surface area contributed by atoms with E-state index in [9.17, 15) is 14.7 Å². The zero-order chi connectivity index (χ0) is 15.3. The van der Waals surface area contributed by atoms with Crippen molar-refractivity contribution in [3.63, 3.8) is 0 Å². The van der Waals surface area contributed by atoms with Crippen LogP contribution in [-0.4, -0.2) is 42.9 Å². The minimum absolute atomic E-state index is 0.107. The number of carboxylic acids is 1. The molecular weight excluding hydrogens is 276 g/mol. The normalized spacial score (nSPS) is 17.8. The summed E-state index contributed by atoms with van der Waals surface area (Å²) in [6.45, 7) is 0.107. The third kappa shape index (κ3) is 3.89. The van der Waals surface area contributed by atoms with Crippen LogP contribution in [0, 0.1) is 0 Å². The van der Waals surface area contributed by atoms with Gasteiger partial charge in [-0.3, -0.25) is 0 Å². The van der Waals surface area contributed by atoms with Crippen molar-refractivity contribution in [1.82, 2.24) is 30.8 Å². The van der Waals surface area contributed by atoms with E-state index in [0.29, 0.717) is 18.7 Å². The quantitative estimate of drug-likeness (QED) is 0.682. The van der Waals surface area contributed by atoms with Gasteiger partial charge in [-0.2, -0.15) is 4.80 Å². The van der Waals surface area contributed by atoms with Gasteiger partial charge in [0.1, 0.15) is 5.54 Å². The average Bonchev–Trinajstić information content (AvgIpc) is 2.71. The molecule has 0 spiro atoms. The molecule has 21 heavy (non-hydrogen) atoms. The minimum Gasteiger partial charge on any atom is -0.480 e. The zero-order valence-electron chi connectivity index (χ0n) is 12.0. The van der Waals surface area contributed by atoms with Crippen molar-refractivity contribution in [2.45, 2.75) is 50.6 Å². The molecule has 0 bridgehead atoms. The lowest BCUT2D eigenvalue weighted by Crippen LogP contribution is -2.56. The van der Waals surface area contributed by atoms with Crippen LogP contribution in [0.25, 0.3) is 0 Å². The molecule has 1 aliphatic rings. The first-order valence-electron chi connectivity index (χ1n) is 7.04. The first kappa shape index (κ1) is 15.2. The van der Waals surface area contributed by atoms with Crippen molar-refractivity contribution in [3.05, 3.63) is 5.82 Å². The molecule has 1 heterocycles. The van der Waals surface area contributed by atoms with E-state index in [4.69, 9.17) is 0 Å². The summed E-state index contributed by atoms with van der Waals surface area (Å²) in [4.78, 5) is 24.8. The fourth-order valence-corrected chi connectivity index (χ4v) is 2.54. The number of urea groups is 1. The minimum atomic E-state index is -1.17. The largest absolute Gasteiger partial charge is 0.480 e. The predicted molar refractivity (Wildman–Crippen MR) is 72.2 cm³/mol. The number of tetrazole rings is 1. The van der Waals surface area contributed by atoms with Gasteiger partial charge in [0.05, 0.1) is 13.6 Å². The van der Waals surface area contributed by atoms with Crippen LogP contribution in [0.4, 0.5) is 4.79 Å². The number of carbonyl (C=O) groups is 2. The maximum atomic E-state index is 11.9. The summed E-state index contributed by atoms with van der Waals surface area (Å²) >= 11 is 0. The van der Waals surface area contributed by atoms with Crippen LogP contribution in [0.1, 0.15) is 44.3 Å². The first-order valence-corrected chi connectivity index (χ1v) is 7.04. The Morgan fingerprint density at radius 1 is 1.29 bits per heavy atom. The summed E-state index contributed by atoms with van der Waals surface area (Å²) in [6.07, 6.45) is 4.53. The molecule has 9 heteroatoms. The number of aryl methyl sites for hydroxylation is 1. The molecule has 1 aliphatic carbocycles. The Kier molecular flexibility index (Phi) is 4.71. The van der Waals surface area contributed by atoms with E-state index >= 15 is 0 Å². The van der Waals surface area contributed by atoms with Crippen molar-refractivity contribution < 1.29 is 14.7 Å². The lowest BCUT2D eigenvalue weighted by molar-refractivity contribution is -0.145. The highest BCUT2D eigenvalue weighted by molar-refractivity contribution is 5.86. The molecule has 0 saturated heterocycles. The van der Waals surface area contributed by atoms with Crippen LogP contribution in [0.2, 0.25) is 0 Å². The Balaban J connectivity index is 1.93. The van der Waals surface area contributed by atoms with Crippen LogP contribution in [0.5, 0.6) is 0 Å². The summed E-state index contributed by atoms with van der Waals surface area (Å²) in [7, 11) is 1.63. The molecule has 2 amide bonds. The van der Waals surface area contributed by atoms with Gasteiger partial charge < -0.3 is 15.7 Å². The highest BCUT2D eigenvalue weighted by Crippen LogP contribution is 2.27. The molecule has 9 nitrogen and oxygen atoms in total. The van der Waals surface area contributed by atoms with E-state index in [1.165, 1.54) is 4.80 Å². The Morgan fingerprint density at radius 2 is 1.95 bits per heavy atom. The number of aliphatic carboxylic acids is 1. The van der Waals surface area contributed by atoms with Crippen molar-refractivity contribution in [2.75, 3.05) is 0 Å². The second-order valence-electron chi connectivity index (χ2n) is 5.30. The highest BCUT2D eigenvalue weighted by atomic mass is 16.4. The van der Waals surface area contributed by atoms with Crippen LogP contribution in [0.15, 0.2) is 0 Å². The Labute approximate surface area is 122 Å². The van der Waals surface area contributed by atoms with Gasteiger partial charge in [0, 0.05) is 0 Å². The summed E-state index contributed by atoms with van der Waals surface area (Å²) in [5.41, 5.74) is -1.17. The molecule has 0 aliphatic heterocycles. The van der Waals surface area contributed by atoms with Crippen LogP contribution in [0.3, 0.4) is 0 Å². The summed E-state index contributed by atoms with van der Waals surface area (Å²) in [5, 5.41) is 26.0. The lowest BCUT2D eigenvalue weighted by Gasteiger charge is -2.29. The van der Waals surface area contributed by atoms with Crippen LogP contribution < -0.4 is 10.6 Å². The van der Waals surface area contributed by atoms with E-state index in [0.717, 1.165) is 25.7 Å². The van der Waals surface area contributed by atoms with Crippen molar-refractivity contribution in [2.24, 2.45) is 7.05 Å². The van der Waals surface area contributed by atoms with Gasteiger partial charge in [0.25, 0.3) is 0 Å². The fourth-order valence-electron chi connectivity index (χ4n) is 2.54. The second-order valence-corrected chi connectivity index (χ2v) is 5.30. The molecule has 1 aromatic rings. The van der Waals surface area contributed by atoms with E-state index in [1.54, 1.807) is 7.05 Å². The SMILES string of the molecule is Cn1nnc(CNC(=O)NC2(C(=O)O)CCCCCC2)n1. The molecular formula is C12H20N6O3. The third-order valence-electron chi connectivity index (χ3n) is 3.68. The van der Waals surface area contributed by atoms with Gasteiger partial charge in [-0.05, 0) is 18.1 Å². The molecule has 116 valence electrons. The van der Waals surface area contributed by atoms with E-state index in [2.05, 4.69) is 26.0 Å². The molecule has 0 aromatic carbocycles. The predicted octanol–water partition coefficient (Wildman–Crippen LogP) is 0.187. The maximum absolute atomic E-state index is 11.9. The number of nitrogens with one attached hydrogen (secondary N) is 2. The standard InChI is InChI=1S/C12H20N6O3/c1-18-16-9(15-17-18)8-13-11(21)14-12(10(19)20)6-4-2-3-5-7-12/h2-8H2,1H3,(H,19,20)(H2,13,14,21). The maximum Gasteiger partial charge on any atom is 0.329 e. The van der Waals surface area contributed by atoms with Gasteiger partial charge in [-0.15, -0.1) is 10.2 Å². The topological polar surface area (TPSA) is 122 Å². The zero-order valence-corrected chi connectivity index (χ0v) is 12.0. The monoisotopic (exact) mass is 296 g/mol. The van der Waals surface area contributed by atoms with Gasteiger partial charge >= 0.3 is 12.0 Å². The van der Waals surface area contributed by atoms with Crippen molar-refractivity contribution in [3.8, 4) is 0 Å². The molecule has 1 aromatic heterocycles. The van der Waals surface area contributed by atoms with E-state index < -0.39 is 17.5 Å². The second kappa shape index (κ2) is 6.51. The molecule has 1 fully saturated rings. The van der Waals surface area contributed by atoms with Crippen molar-refractivity contribution in [1.29, 1.82) is 0 Å². The first-order chi connectivity index (χ1) is 10.0. The summed E-state index contributed by atoms with van der Waals surface area (Å²) in [6, 6.07) is -0.522. The average molecular weight is 296 g/mol. The molecule has 1 saturated carbocycles. The Hall–Kier alpha value is -2.19. The Bertz CT molecular complexity index is 507. The number of rotatable bonds is 4. The summed E-state index contributed by atoms with van der Waals surface area (Å²) < 4.78 is 0. The Morgan fingerprint density at radius 3 is 2.48 bits per heavy atom.